The number of aliphatic hydroxyl groups is 2. The van der Waals surface area contributed by atoms with Gasteiger partial charge in [-0.1, -0.05) is 13.8 Å². The number of alkyl halides is 1. The third kappa shape index (κ3) is 3.01. The molecule has 4 atom stereocenters. The van der Waals surface area contributed by atoms with Gasteiger partial charge in [-0.2, -0.15) is 4.98 Å². The summed E-state index contributed by atoms with van der Waals surface area (Å²) in [6.07, 6.45) is -4.61. The number of halogens is 1. The SMILES string of the molecule is CC(C)C(=O)Nc1nc2c(ncn2[C@@H]2O[C@H](CO)C(O)[C@@H]2F)c(=O)[nH]1. The Hall–Kier alpha value is -2.37. The quantitative estimate of drug-likeness (QED) is 0.568. The van der Waals surface area contributed by atoms with Gasteiger partial charge < -0.3 is 14.9 Å². The van der Waals surface area contributed by atoms with E-state index in [1.807, 2.05) is 0 Å². The number of fused-ring (bicyclic) bond motifs is 1. The number of aliphatic hydroxyl groups excluding tert-OH is 2. The van der Waals surface area contributed by atoms with Gasteiger partial charge in [-0.05, 0) is 0 Å². The van der Waals surface area contributed by atoms with Gasteiger partial charge in [0.25, 0.3) is 5.56 Å². The fraction of sp³-hybridized carbons (Fsp3) is 0.571. The first-order chi connectivity index (χ1) is 11.8. The predicted molar refractivity (Wildman–Crippen MR) is 83.5 cm³/mol. The van der Waals surface area contributed by atoms with E-state index in [0.29, 0.717) is 0 Å². The molecule has 2 aromatic rings. The number of amides is 1. The second-order valence-electron chi connectivity index (χ2n) is 6.07. The van der Waals surface area contributed by atoms with Crippen LogP contribution in [0.25, 0.3) is 11.2 Å². The lowest BCUT2D eigenvalue weighted by atomic mass is 10.1. The summed E-state index contributed by atoms with van der Waals surface area (Å²) in [7, 11) is 0. The summed E-state index contributed by atoms with van der Waals surface area (Å²) in [5, 5.41) is 21.3. The fourth-order valence-corrected chi connectivity index (χ4v) is 2.51. The highest BCUT2D eigenvalue weighted by Crippen LogP contribution is 2.33. The van der Waals surface area contributed by atoms with E-state index in [9.17, 15) is 19.1 Å². The smallest absolute Gasteiger partial charge is 0.280 e. The van der Waals surface area contributed by atoms with Crippen molar-refractivity contribution in [3.8, 4) is 0 Å². The molecule has 0 spiro atoms. The summed E-state index contributed by atoms with van der Waals surface area (Å²) >= 11 is 0. The Kier molecular flexibility index (Phi) is 4.54. The van der Waals surface area contributed by atoms with Crippen molar-refractivity contribution in [1.82, 2.24) is 19.5 Å². The number of aromatic amines is 1. The Morgan fingerprint density at radius 3 is 2.88 bits per heavy atom. The molecule has 11 heteroatoms. The standard InChI is InChI=1S/C14H18FN5O5/c1-5(2)11(23)18-14-17-10-8(12(24)19-14)16-4-20(10)13-7(15)9(22)6(3-21)25-13/h4-7,9,13,21-22H,3H2,1-2H3,(H2,17,18,19,23,24)/t6-,7+,9?,13-/m1/s1. The number of anilines is 1. The first kappa shape index (κ1) is 17.5. The molecule has 1 fully saturated rings. The van der Waals surface area contributed by atoms with E-state index < -0.39 is 36.8 Å². The van der Waals surface area contributed by atoms with Crippen LogP contribution in [0.3, 0.4) is 0 Å². The van der Waals surface area contributed by atoms with Crippen molar-refractivity contribution >= 4 is 23.0 Å². The van der Waals surface area contributed by atoms with Gasteiger partial charge in [0.2, 0.25) is 11.9 Å². The van der Waals surface area contributed by atoms with Crippen LogP contribution in [0, 0.1) is 5.92 Å². The van der Waals surface area contributed by atoms with Crippen LogP contribution in [-0.4, -0.2) is 60.6 Å². The first-order valence-electron chi connectivity index (χ1n) is 7.69. The summed E-state index contributed by atoms with van der Waals surface area (Å²) in [4.78, 5) is 34.2. The Morgan fingerprint density at radius 1 is 1.56 bits per heavy atom. The van der Waals surface area contributed by atoms with Crippen LogP contribution in [0.4, 0.5) is 10.3 Å². The predicted octanol–water partition coefficient (Wildman–Crippen LogP) is -0.697. The Labute approximate surface area is 140 Å². The largest absolute Gasteiger partial charge is 0.394 e. The van der Waals surface area contributed by atoms with Gasteiger partial charge >= 0.3 is 0 Å². The minimum Gasteiger partial charge on any atom is -0.394 e. The summed E-state index contributed by atoms with van der Waals surface area (Å²) in [5.74, 6) is -0.796. The number of hydrogen-bond acceptors (Lipinski definition) is 7. The number of rotatable bonds is 4. The highest BCUT2D eigenvalue weighted by molar-refractivity contribution is 5.91. The average molecular weight is 355 g/mol. The van der Waals surface area contributed by atoms with E-state index in [2.05, 4.69) is 20.3 Å². The van der Waals surface area contributed by atoms with Gasteiger partial charge in [-0.3, -0.25) is 24.5 Å². The maximum Gasteiger partial charge on any atom is 0.280 e. The summed E-state index contributed by atoms with van der Waals surface area (Å²) in [6, 6.07) is 0. The van der Waals surface area contributed by atoms with Crippen LogP contribution in [0.5, 0.6) is 0 Å². The normalized spacial score (nSPS) is 26.5. The van der Waals surface area contributed by atoms with E-state index >= 15 is 0 Å². The van der Waals surface area contributed by atoms with Crippen molar-refractivity contribution < 1.29 is 24.1 Å². The number of carbonyl (C=O) groups excluding carboxylic acids is 1. The molecular formula is C14H18FN5O5. The van der Waals surface area contributed by atoms with Crippen molar-refractivity contribution in [2.45, 2.75) is 38.5 Å². The molecule has 3 heterocycles. The van der Waals surface area contributed by atoms with Crippen LogP contribution in [0.15, 0.2) is 11.1 Å². The van der Waals surface area contributed by atoms with Crippen LogP contribution < -0.4 is 10.9 Å². The molecule has 136 valence electrons. The molecule has 2 aromatic heterocycles. The lowest BCUT2D eigenvalue weighted by molar-refractivity contribution is -0.118. The van der Waals surface area contributed by atoms with Gasteiger partial charge in [0.1, 0.15) is 12.2 Å². The third-order valence-corrected chi connectivity index (χ3v) is 3.95. The molecule has 0 aromatic carbocycles. The molecule has 1 saturated heterocycles. The fourth-order valence-electron chi connectivity index (χ4n) is 2.51. The zero-order valence-corrected chi connectivity index (χ0v) is 13.5. The summed E-state index contributed by atoms with van der Waals surface area (Å²) < 4.78 is 20.8. The van der Waals surface area contributed by atoms with Crippen LogP contribution in [0.2, 0.25) is 0 Å². The maximum atomic E-state index is 14.3. The molecule has 10 nitrogen and oxygen atoms in total. The van der Waals surface area contributed by atoms with Crippen LogP contribution in [-0.2, 0) is 9.53 Å². The lowest BCUT2D eigenvalue weighted by Crippen LogP contribution is -2.30. The Bertz CT molecular complexity index is 850. The number of carbonyl (C=O) groups is 1. The summed E-state index contributed by atoms with van der Waals surface area (Å²) in [5.41, 5.74) is -0.697. The molecule has 0 radical (unpaired) electrons. The topological polar surface area (TPSA) is 142 Å². The summed E-state index contributed by atoms with van der Waals surface area (Å²) in [6.45, 7) is 2.79. The second-order valence-corrected chi connectivity index (χ2v) is 6.07. The number of hydrogen-bond donors (Lipinski definition) is 4. The molecule has 1 amide bonds. The molecule has 3 rings (SSSR count). The molecular weight excluding hydrogens is 337 g/mol. The monoisotopic (exact) mass is 355 g/mol. The van der Waals surface area contributed by atoms with Gasteiger partial charge in [-0.25, -0.2) is 9.37 Å². The molecule has 25 heavy (non-hydrogen) atoms. The number of nitrogens with one attached hydrogen (secondary N) is 2. The van der Waals surface area contributed by atoms with Gasteiger partial charge in [0.15, 0.2) is 23.6 Å². The number of aromatic nitrogens is 4. The zero-order valence-electron chi connectivity index (χ0n) is 13.5. The highest BCUT2D eigenvalue weighted by atomic mass is 19.1. The van der Waals surface area contributed by atoms with Gasteiger partial charge in [0.05, 0.1) is 12.9 Å². The molecule has 0 bridgehead atoms. The third-order valence-electron chi connectivity index (χ3n) is 3.95. The molecule has 1 unspecified atom stereocenters. The van der Waals surface area contributed by atoms with Crippen molar-refractivity contribution in [2.24, 2.45) is 5.92 Å². The number of H-pyrrole nitrogens is 1. The van der Waals surface area contributed by atoms with Gasteiger partial charge in [0, 0.05) is 5.92 Å². The average Bonchev–Trinajstić information content (AvgIpc) is 3.10. The van der Waals surface area contributed by atoms with E-state index in [0.717, 1.165) is 10.9 Å². The first-order valence-corrected chi connectivity index (χ1v) is 7.69. The molecule has 0 saturated carbocycles. The van der Waals surface area contributed by atoms with E-state index in [1.165, 1.54) is 0 Å². The number of imidazole rings is 1. The Balaban J connectivity index is 2.01. The molecule has 4 N–H and O–H groups in total. The van der Waals surface area contributed by atoms with E-state index in [-0.39, 0.29) is 28.9 Å². The van der Waals surface area contributed by atoms with Crippen molar-refractivity contribution in [3.63, 3.8) is 0 Å². The molecule has 1 aliphatic heterocycles. The minimum absolute atomic E-state index is 0.0127. The van der Waals surface area contributed by atoms with E-state index in [1.54, 1.807) is 13.8 Å². The van der Waals surface area contributed by atoms with Gasteiger partial charge in [-0.15, -0.1) is 0 Å². The zero-order chi connectivity index (χ0) is 18.3. The Morgan fingerprint density at radius 2 is 2.28 bits per heavy atom. The van der Waals surface area contributed by atoms with Crippen molar-refractivity contribution in [2.75, 3.05) is 11.9 Å². The molecule has 0 aliphatic carbocycles. The van der Waals surface area contributed by atoms with Crippen molar-refractivity contribution in [1.29, 1.82) is 0 Å². The van der Waals surface area contributed by atoms with Crippen molar-refractivity contribution in [3.05, 3.63) is 16.7 Å². The lowest BCUT2D eigenvalue weighted by Gasteiger charge is -2.15. The number of ether oxygens (including phenoxy) is 1. The van der Waals surface area contributed by atoms with Crippen LogP contribution in [0.1, 0.15) is 20.1 Å². The molecule has 1 aliphatic rings. The van der Waals surface area contributed by atoms with E-state index in [4.69, 9.17) is 9.84 Å². The number of nitrogens with zero attached hydrogens (tertiary/aromatic N) is 3. The highest BCUT2D eigenvalue weighted by Gasteiger charge is 2.45. The minimum atomic E-state index is -1.84. The second kappa shape index (κ2) is 6.50. The maximum absolute atomic E-state index is 14.3. The van der Waals surface area contributed by atoms with Crippen LogP contribution >= 0.6 is 0 Å².